The number of hydrogen-bond acceptors (Lipinski definition) is 3. The SMILES string of the molecule is Cc1nn(Cc2occc2Br)c(N)c1I. The van der Waals surface area contributed by atoms with Gasteiger partial charge in [0, 0.05) is 0 Å². The van der Waals surface area contributed by atoms with E-state index in [-0.39, 0.29) is 0 Å². The molecule has 0 saturated heterocycles. The van der Waals surface area contributed by atoms with Gasteiger partial charge < -0.3 is 10.2 Å². The first-order valence-electron chi connectivity index (χ1n) is 4.30. The van der Waals surface area contributed by atoms with Gasteiger partial charge in [0.05, 0.1) is 20.0 Å². The molecule has 0 aromatic carbocycles. The molecule has 2 N–H and O–H groups in total. The minimum Gasteiger partial charge on any atom is -0.466 e. The molecule has 2 heterocycles. The molecule has 0 aliphatic carbocycles. The molecule has 0 atom stereocenters. The van der Waals surface area contributed by atoms with Gasteiger partial charge in [-0.05, 0) is 51.5 Å². The Morgan fingerprint density at radius 2 is 2.40 bits per heavy atom. The highest BCUT2D eigenvalue weighted by Crippen LogP contribution is 2.23. The van der Waals surface area contributed by atoms with E-state index < -0.39 is 0 Å². The molecule has 0 radical (unpaired) electrons. The second-order valence-electron chi connectivity index (χ2n) is 3.13. The zero-order chi connectivity index (χ0) is 11.0. The Morgan fingerprint density at radius 1 is 1.67 bits per heavy atom. The summed E-state index contributed by atoms with van der Waals surface area (Å²) in [6.45, 7) is 2.48. The number of halogens is 2. The van der Waals surface area contributed by atoms with Gasteiger partial charge in [-0.15, -0.1) is 0 Å². The van der Waals surface area contributed by atoms with E-state index in [2.05, 4.69) is 43.6 Å². The molecule has 0 aliphatic rings. The van der Waals surface area contributed by atoms with Crippen LogP contribution in [-0.2, 0) is 6.54 Å². The van der Waals surface area contributed by atoms with Crippen LogP contribution in [-0.4, -0.2) is 9.78 Å². The van der Waals surface area contributed by atoms with Crippen molar-refractivity contribution in [3.05, 3.63) is 31.8 Å². The number of nitrogens with two attached hydrogens (primary N) is 1. The first-order chi connectivity index (χ1) is 7.09. The van der Waals surface area contributed by atoms with E-state index in [0.717, 1.165) is 19.5 Å². The Labute approximate surface area is 109 Å². The number of furan rings is 1. The molecular weight excluding hydrogens is 373 g/mol. The molecule has 0 amide bonds. The molecule has 0 saturated carbocycles. The standard InChI is InChI=1S/C9H9BrIN3O/c1-5-8(11)9(12)14(13-5)4-7-6(10)2-3-15-7/h2-3H,4,12H2,1H3. The fourth-order valence-corrected chi connectivity index (χ4v) is 1.99. The van der Waals surface area contributed by atoms with Gasteiger partial charge >= 0.3 is 0 Å². The topological polar surface area (TPSA) is 57.0 Å². The average molecular weight is 382 g/mol. The highest BCUT2D eigenvalue weighted by Gasteiger charge is 2.12. The lowest BCUT2D eigenvalue weighted by molar-refractivity contribution is 0.479. The van der Waals surface area contributed by atoms with Crippen molar-refractivity contribution in [2.24, 2.45) is 0 Å². The maximum absolute atomic E-state index is 5.91. The van der Waals surface area contributed by atoms with Gasteiger partial charge in [0.1, 0.15) is 18.1 Å². The molecule has 0 aliphatic heterocycles. The molecule has 2 aromatic rings. The first-order valence-corrected chi connectivity index (χ1v) is 6.17. The van der Waals surface area contributed by atoms with Crippen molar-refractivity contribution in [2.75, 3.05) is 5.73 Å². The minimum atomic E-state index is 0.545. The summed E-state index contributed by atoms with van der Waals surface area (Å²) in [6.07, 6.45) is 1.64. The van der Waals surface area contributed by atoms with Crippen molar-refractivity contribution in [1.82, 2.24) is 9.78 Å². The Bertz CT molecular complexity index is 492. The fourth-order valence-electron chi connectivity index (χ4n) is 1.27. The second kappa shape index (κ2) is 4.17. The van der Waals surface area contributed by atoms with E-state index in [1.807, 2.05) is 13.0 Å². The van der Waals surface area contributed by atoms with Crippen LogP contribution in [0.2, 0.25) is 0 Å². The van der Waals surface area contributed by atoms with Crippen molar-refractivity contribution in [1.29, 1.82) is 0 Å². The van der Waals surface area contributed by atoms with E-state index >= 15 is 0 Å². The zero-order valence-electron chi connectivity index (χ0n) is 8.00. The number of hydrogen-bond donors (Lipinski definition) is 1. The number of nitrogens with zero attached hydrogens (tertiary/aromatic N) is 2. The Morgan fingerprint density at radius 3 is 2.87 bits per heavy atom. The van der Waals surface area contributed by atoms with Crippen LogP contribution in [0.4, 0.5) is 5.82 Å². The van der Waals surface area contributed by atoms with Crippen LogP contribution in [0.3, 0.4) is 0 Å². The van der Waals surface area contributed by atoms with Gasteiger partial charge in [-0.3, -0.25) is 0 Å². The van der Waals surface area contributed by atoms with Crippen LogP contribution >= 0.6 is 38.5 Å². The first kappa shape index (κ1) is 11.0. The van der Waals surface area contributed by atoms with Gasteiger partial charge in [0.2, 0.25) is 0 Å². The summed E-state index contributed by atoms with van der Waals surface area (Å²) < 4.78 is 8.97. The third-order valence-electron chi connectivity index (χ3n) is 2.08. The summed E-state index contributed by atoms with van der Waals surface area (Å²) in [6, 6.07) is 1.85. The lowest BCUT2D eigenvalue weighted by Crippen LogP contribution is -2.06. The molecular formula is C9H9BrIN3O. The summed E-state index contributed by atoms with van der Waals surface area (Å²) in [4.78, 5) is 0. The monoisotopic (exact) mass is 381 g/mol. The van der Waals surface area contributed by atoms with Crippen LogP contribution in [0, 0.1) is 10.5 Å². The largest absolute Gasteiger partial charge is 0.466 e. The Kier molecular flexibility index (Phi) is 3.06. The normalized spacial score (nSPS) is 10.9. The summed E-state index contributed by atoms with van der Waals surface area (Å²) >= 11 is 5.59. The van der Waals surface area contributed by atoms with Crippen LogP contribution in [0.5, 0.6) is 0 Å². The van der Waals surface area contributed by atoms with Gasteiger partial charge in [-0.2, -0.15) is 5.10 Å². The quantitative estimate of drug-likeness (QED) is 0.814. The summed E-state index contributed by atoms with van der Waals surface area (Å²) in [5.74, 6) is 1.50. The lowest BCUT2D eigenvalue weighted by atomic mass is 10.4. The van der Waals surface area contributed by atoms with Gasteiger partial charge in [0.15, 0.2) is 0 Å². The summed E-state index contributed by atoms with van der Waals surface area (Å²) in [5, 5.41) is 4.33. The molecule has 6 heteroatoms. The second-order valence-corrected chi connectivity index (χ2v) is 5.07. The average Bonchev–Trinajstić information content (AvgIpc) is 2.69. The van der Waals surface area contributed by atoms with E-state index in [9.17, 15) is 0 Å². The van der Waals surface area contributed by atoms with Gasteiger partial charge in [0.25, 0.3) is 0 Å². The van der Waals surface area contributed by atoms with E-state index in [4.69, 9.17) is 10.2 Å². The van der Waals surface area contributed by atoms with Crippen LogP contribution < -0.4 is 5.73 Å². The van der Waals surface area contributed by atoms with E-state index in [1.54, 1.807) is 10.9 Å². The highest BCUT2D eigenvalue weighted by atomic mass is 127. The zero-order valence-corrected chi connectivity index (χ0v) is 11.7. The van der Waals surface area contributed by atoms with E-state index in [1.165, 1.54) is 0 Å². The van der Waals surface area contributed by atoms with Gasteiger partial charge in [-0.25, -0.2) is 4.68 Å². The Hall–Kier alpha value is -0.500. The molecule has 0 unspecified atom stereocenters. The lowest BCUT2D eigenvalue weighted by Gasteiger charge is -2.01. The predicted octanol–water partition coefficient (Wildman–Crippen LogP) is 2.78. The molecule has 2 aromatic heterocycles. The number of nitrogen functional groups attached to an aromatic ring is 1. The molecule has 0 spiro atoms. The highest BCUT2D eigenvalue weighted by molar-refractivity contribution is 14.1. The number of anilines is 1. The van der Waals surface area contributed by atoms with Crippen LogP contribution in [0.25, 0.3) is 0 Å². The van der Waals surface area contributed by atoms with Crippen molar-refractivity contribution >= 4 is 44.3 Å². The minimum absolute atomic E-state index is 0.545. The maximum Gasteiger partial charge on any atom is 0.139 e. The van der Waals surface area contributed by atoms with E-state index in [0.29, 0.717) is 12.4 Å². The Balaban J connectivity index is 2.33. The van der Waals surface area contributed by atoms with Crippen molar-refractivity contribution in [2.45, 2.75) is 13.5 Å². The summed E-state index contributed by atoms with van der Waals surface area (Å²) in [5.41, 5.74) is 6.85. The number of rotatable bonds is 2. The smallest absolute Gasteiger partial charge is 0.139 e. The van der Waals surface area contributed by atoms with Gasteiger partial charge in [-0.1, -0.05) is 0 Å². The third kappa shape index (κ3) is 2.05. The van der Waals surface area contributed by atoms with Crippen LogP contribution in [0.15, 0.2) is 21.2 Å². The van der Waals surface area contributed by atoms with Crippen LogP contribution in [0.1, 0.15) is 11.5 Å². The molecule has 4 nitrogen and oxygen atoms in total. The molecule has 80 valence electrons. The summed E-state index contributed by atoms with van der Waals surface area (Å²) in [7, 11) is 0. The molecule has 2 rings (SSSR count). The molecule has 0 bridgehead atoms. The fraction of sp³-hybridized carbons (Fsp3) is 0.222. The number of aryl methyl sites for hydroxylation is 1. The predicted molar refractivity (Wildman–Crippen MR) is 69.6 cm³/mol. The maximum atomic E-state index is 5.91. The third-order valence-corrected chi connectivity index (χ3v) is 4.12. The van der Waals surface area contributed by atoms with Crippen molar-refractivity contribution in [3.8, 4) is 0 Å². The van der Waals surface area contributed by atoms with Crippen molar-refractivity contribution in [3.63, 3.8) is 0 Å². The number of aromatic nitrogens is 2. The molecule has 15 heavy (non-hydrogen) atoms. The van der Waals surface area contributed by atoms with Crippen molar-refractivity contribution < 1.29 is 4.42 Å². The molecule has 0 fully saturated rings.